The van der Waals surface area contributed by atoms with E-state index in [2.05, 4.69) is 79.1 Å². The summed E-state index contributed by atoms with van der Waals surface area (Å²) >= 11 is 0. The fourth-order valence-corrected chi connectivity index (χ4v) is 8.49. The maximum absolute atomic E-state index is 13.0. The molecule has 10 atom stereocenters. The summed E-state index contributed by atoms with van der Waals surface area (Å²) in [6.45, 7) is 2.89. The number of hydrogen-bond donors (Lipinski definition) is 7. The number of epoxide rings is 1. The lowest BCUT2D eigenvalue weighted by Crippen LogP contribution is -2.64. The summed E-state index contributed by atoms with van der Waals surface area (Å²) in [5.74, 6) is -1.30. The predicted octanol–water partition coefficient (Wildman–Crippen LogP) is 7.83. The molecule has 2 fully saturated rings. The van der Waals surface area contributed by atoms with Gasteiger partial charge in [0, 0.05) is 12.8 Å². The Labute approximate surface area is 391 Å². The number of esters is 2. The first-order valence-electron chi connectivity index (χ1n) is 23.6. The van der Waals surface area contributed by atoms with Gasteiger partial charge in [0.2, 0.25) is 0 Å². The van der Waals surface area contributed by atoms with E-state index in [4.69, 9.17) is 23.3 Å². The summed E-state index contributed by atoms with van der Waals surface area (Å²) < 4.78 is 55.0. The Hall–Kier alpha value is -2.60. The average Bonchev–Trinajstić information content (AvgIpc) is 4.03. The summed E-state index contributed by atoms with van der Waals surface area (Å²) in [7, 11) is -10.7. The molecule has 1 aliphatic heterocycles. The van der Waals surface area contributed by atoms with Crippen molar-refractivity contribution in [2.45, 2.75) is 197 Å². The molecule has 0 aromatic heterocycles. The highest BCUT2D eigenvalue weighted by Crippen LogP contribution is 2.49. The van der Waals surface area contributed by atoms with Gasteiger partial charge in [0.1, 0.15) is 43.2 Å². The van der Waals surface area contributed by atoms with Gasteiger partial charge in [-0.05, 0) is 77.0 Å². The monoisotopic (exact) mass is 976 g/mol. The normalized spacial score (nSPS) is 25.2. The van der Waals surface area contributed by atoms with Crippen molar-refractivity contribution in [3.8, 4) is 0 Å². The summed E-state index contributed by atoms with van der Waals surface area (Å²) in [5.41, 5.74) is 0. The van der Waals surface area contributed by atoms with Crippen LogP contribution in [0.15, 0.2) is 72.9 Å². The van der Waals surface area contributed by atoms with E-state index < -0.39 is 83.5 Å². The number of rotatable bonds is 37. The van der Waals surface area contributed by atoms with Crippen molar-refractivity contribution >= 4 is 27.6 Å². The van der Waals surface area contributed by atoms with Crippen LogP contribution in [0, 0.1) is 0 Å². The molecule has 17 nitrogen and oxygen atoms in total. The molecular weight excluding hydrogens is 898 g/mol. The largest absolute Gasteiger partial charge is 0.472 e. The standard InChI is InChI=1S/C47H78O17P2/c1-3-5-7-8-9-10-11-12-13-14-15-19-22-25-29-33-40(48)59-35-37(36-60-66(57,58)64-47-44(52)42(50)43(51)46(45(47)53)63-65(54,55)56)61-41(49)34-30-26-23-20-17-16-18-21-24-28-32-39-38(62-39)31-27-6-4-2/h5,7,9-10,12-13,16,18,20,23-24,28,37-39,42-47,50-53H,3-4,6,8,11,14-15,17,19,21-22,25-27,29-36H2,1-2H3,(H,57,58)(H2,54,55,56)/b7-5-,10-9-,13-12-,18-16-,23-20-,28-24-/t37-,38?,39?,42?,43?,44?,45?,46-,47+/m1/s1. The number of phosphoric ester groups is 2. The van der Waals surface area contributed by atoms with Crippen LogP contribution in [0.1, 0.15) is 142 Å². The second-order valence-corrected chi connectivity index (χ2v) is 19.1. The topological polar surface area (TPSA) is 269 Å². The van der Waals surface area contributed by atoms with Crippen LogP contribution >= 0.6 is 15.6 Å². The molecule has 0 spiro atoms. The molecule has 0 amide bonds. The zero-order valence-corrected chi connectivity index (χ0v) is 40.6. The second-order valence-electron chi connectivity index (χ2n) is 16.5. The van der Waals surface area contributed by atoms with Crippen LogP contribution in [-0.4, -0.2) is 115 Å². The van der Waals surface area contributed by atoms with E-state index in [1.54, 1.807) is 0 Å². The van der Waals surface area contributed by atoms with Crippen molar-refractivity contribution < 1.29 is 81.6 Å². The Morgan fingerprint density at radius 2 is 1.12 bits per heavy atom. The highest BCUT2D eigenvalue weighted by molar-refractivity contribution is 7.47. The molecule has 0 bridgehead atoms. The predicted molar refractivity (Wildman–Crippen MR) is 250 cm³/mol. The minimum absolute atomic E-state index is 0.0434. The van der Waals surface area contributed by atoms with Gasteiger partial charge < -0.3 is 49.3 Å². The van der Waals surface area contributed by atoms with Crippen LogP contribution in [0.4, 0.5) is 0 Å². The first kappa shape index (κ1) is 59.5. The van der Waals surface area contributed by atoms with Gasteiger partial charge in [0.15, 0.2) is 6.10 Å². The molecule has 2 aliphatic rings. The van der Waals surface area contributed by atoms with Crippen LogP contribution in [0.3, 0.4) is 0 Å². The zero-order chi connectivity index (χ0) is 48.6. The Morgan fingerprint density at radius 1 is 0.576 bits per heavy atom. The van der Waals surface area contributed by atoms with Crippen LogP contribution < -0.4 is 0 Å². The quantitative estimate of drug-likeness (QED) is 0.0103. The van der Waals surface area contributed by atoms with E-state index in [0.29, 0.717) is 31.5 Å². The molecule has 2 rings (SSSR count). The number of carbonyl (C=O) groups excluding carboxylic acids is 2. The van der Waals surface area contributed by atoms with E-state index in [0.717, 1.165) is 77.0 Å². The molecule has 0 radical (unpaired) electrons. The van der Waals surface area contributed by atoms with Gasteiger partial charge in [-0.25, -0.2) is 9.13 Å². The fraction of sp³-hybridized carbons (Fsp3) is 0.702. The number of allylic oxidation sites excluding steroid dienone is 11. The molecule has 1 aliphatic carbocycles. The van der Waals surface area contributed by atoms with E-state index >= 15 is 0 Å². The number of aliphatic hydroxyl groups is 4. The first-order chi connectivity index (χ1) is 31.6. The van der Waals surface area contributed by atoms with Gasteiger partial charge in [0.25, 0.3) is 0 Å². The van der Waals surface area contributed by atoms with Gasteiger partial charge in [-0.3, -0.25) is 23.2 Å². The molecule has 19 heteroatoms. The van der Waals surface area contributed by atoms with Crippen molar-refractivity contribution in [3.05, 3.63) is 72.9 Å². The Kier molecular flexibility index (Phi) is 31.2. The lowest BCUT2D eigenvalue weighted by Gasteiger charge is -2.43. The number of carbonyl (C=O) groups is 2. The zero-order valence-electron chi connectivity index (χ0n) is 38.8. The third-order valence-electron chi connectivity index (χ3n) is 10.7. The number of aliphatic hydroxyl groups excluding tert-OH is 4. The number of ether oxygens (including phenoxy) is 3. The van der Waals surface area contributed by atoms with Crippen LogP contribution in [0.5, 0.6) is 0 Å². The second kappa shape index (κ2) is 34.6. The Bertz CT molecular complexity index is 1620. The molecular formula is C47H78O17P2. The highest BCUT2D eigenvalue weighted by Gasteiger charge is 2.54. The summed E-state index contributed by atoms with van der Waals surface area (Å²) in [5, 5.41) is 41.2. The van der Waals surface area contributed by atoms with E-state index in [1.807, 2.05) is 12.2 Å². The third kappa shape index (κ3) is 28.0. The molecule has 7 N–H and O–H groups in total. The van der Waals surface area contributed by atoms with Gasteiger partial charge in [-0.2, -0.15) is 0 Å². The van der Waals surface area contributed by atoms with Gasteiger partial charge in [-0.15, -0.1) is 0 Å². The number of unbranched alkanes of at least 4 members (excludes halogenated alkanes) is 8. The molecule has 0 aromatic carbocycles. The Balaban J connectivity index is 1.83. The van der Waals surface area contributed by atoms with Gasteiger partial charge in [-0.1, -0.05) is 125 Å². The summed E-state index contributed by atoms with van der Waals surface area (Å²) in [6, 6.07) is 0. The smallest absolute Gasteiger partial charge is 0.462 e. The number of phosphoric acid groups is 2. The van der Waals surface area contributed by atoms with E-state index in [9.17, 15) is 53.8 Å². The lowest BCUT2D eigenvalue weighted by molar-refractivity contribution is -0.216. The third-order valence-corrected chi connectivity index (χ3v) is 12.2. The molecule has 0 aromatic rings. The fourth-order valence-electron chi connectivity index (χ4n) is 6.95. The maximum atomic E-state index is 13.0. The van der Waals surface area contributed by atoms with E-state index in [-0.39, 0.29) is 12.8 Å². The van der Waals surface area contributed by atoms with Crippen molar-refractivity contribution in [1.29, 1.82) is 0 Å². The van der Waals surface area contributed by atoms with Crippen molar-refractivity contribution in [3.63, 3.8) is 0 Å². The molecule has 378 valence electrons. The highest BCUT2D eigenvalue weighted by atomic mass is 31.2. The minimum Gasteiger partial charge on any atom is -0.462 e. The van der Waals surface area contributed by atoms with Gasteiger partial charge >= 0.3 is 27.6 Å². The molecule has 1 heterocycles. The Morgan fingerprint density at radius 3 is 1.74 bits per heavy atom. The lowest BCUT2D eigenvalue weighted by atomic mass is 9.85. The molecule has 1 saturated heterocycles. The molecule has 7 unspecified atom stereocenters. The number of hydrogen-bond acceptors (Lipinski definition) is 14. The van der Waals surface area contributed by atoms with Gasteiger partial charge in [0.05, 0.1) is 18.8 Å². The van der Waals surface area contributed by atoms with Crippen LogP contribution in [0.25, 0.3) is 0 Å². The summed E-state index contributed by atoms with van der Waals surface area (Å²) in [6.07, 6.45) is 27.6. The SMILES string of the molecule is CC/C=C\C/C=C\C/C=C\CCCCCCCC(=O)OC[C@H](COP(=O)(O)O[C@H]1C(O)C(O)C(O)[C@@H](OP(=O)(O)O)C1O)OC(=O)CCC/C=C\C/C=C\C/C=C\CC1OC1CCCCC. The maximum Gasteiger partial charge on any atom is 0.472 e. The molecule has 1 saturated carbocycles. The summed E-state index contributed by atoms with van der Waals surface area (Å²) in [4.78, 5) is 54.3. The van der Waals surface area contributed by atoms with E-state index in [1.165, 1.54) is 19.3 Å². The first-order valence-corrected chi connectivity index (χ1v) is 26.6. The average molecular weight is 977 g/mol. The minimum atomic E-state index is -5.38. The van der Waals surface area contributed by atoms with Crippen LogP contribution in [0.2, 0.25) is 0 Å². The van der Waals surface area contributed by atoms with Crippen molar-refractivity contribution in [2.75, 3.05) is 13.2 Å². The van der Waals surface area contributed by atoms with Crippen molar-refractivity contribution in [2.24, 2.45) is 0 Å². The van der Waals surface area contributed by atoms with Crippen molar-refractivity contribution in [1.82, 2.24) is 0 Å². The van der Waals surface area contributed by atoms with Crippen LogP contribution in [-0.2, 0) is 46.5 Å². The molecule has 66 heavy (non-hydrogen) atoms.